The van der Waals surface area contributed by atoms with Crippen LogP contribution in [0.15, 0.2) is 29.2 Å². The summed E-state index contributed by atoms with van der Waals surface area (Å²) in [5, 5.41) is 6.02. The van der Waals surface area contributed by atoms with Crippen molar-refractivity contribution < 1.29 is 17.9 Å². The van der Waals surface area contributed by atoms with Crippen molar-refractivity contribution in [2.45, 2.75) is 30.6 Å². The van der Waals surface area contributed by atoms with Crippen LogP contribution < -0.4 is 10.6 Å². The van der Waals surface area contributed by atoms with Crippen molar-refractivity contribution in [3.05, 3.63) is 29.8 Å². The molecule has 0 aromatic heterocycles. The summed E-state index contributed by atoms with van der Waals surface area (Å²) in [6.45, 7) is 3.90. The first-order valence-corrected chi connectivity index (χ1v) is 10.5. The van der Waals surface area contributed by atoms with E-state index in [0.717, 1.165) is 24.9 Å². The first-order chi connectivity index (χ1) is 12.5. The molecule has 1 saturated heterocycles. The van der Waals surface area contributed by atoms with Gasteiger partial charge in [-0.2, -0.15) is 4.31 Å². The Hall–Kier alpha value is -1.19. The standard InChI is InChI=1S/C18H29N3O4S.ClH/c1-25-15-12-19-10-11-20-18(22)9-6-16-4-7-17(8-5-16)26(23,24)21-13-2-3-14-21;/h4-5,7-8,19H,2-3,6,9-15H2,1H3,(H,20,22);1H. The maximum absolute atomic E-state index is 12.5. The number of hydrogen-bond donors (Lipinski definition) is 2. The summed E-state index contributed by atoms with van der Waals surface area (Å²) in [5.41, 5.74) is 0.957. The summed E-state index contributed by atoms with van der Waals surface area (Å²) < 4.78 is 31.4. The molecule has 1 aliphatic rings. The first kappa shape index (κ1) is 23.8. The summed E-state index contributed by atoms with van der Waals surface area (Å²) in [4.78, 5) is 12.2. The maximum atomic E-state index is 12.5. The topological polar surface area (TPSA) is 87.7 Å². The highest BCUT2D eigenvalue weighted by atomic mass is 35.5. The van der Waals surface area contributed by atoms with Gasteiger partial charge < -0.3 is 15.4 Å². The van der Waals surface area contributed by atoms with E-state index in [1.807, 2.05) is 0 Å². The molecular formula is C18H30ClN3O4S. The van der Waals surface area contributed by atoms with Crippen molar-refractivity contribution >= 4 is 28.3 Å². The summed E-state index contributed by atoms with van der Waals surface area (Å²) in [5.74, 6) is -0.00712. The lowest BCUT2D eigenvalue weighted by atomic mass is 10.1. The summed E-state index contributed by atoms with van der Waals surface area (Å²) in [6.07, 6.45) is 2.83. The number of nitrogens with zero attached hydrogens (tertiary/aromatic N) is 1. The van der Waals surface area contributed by atoms with Gasteiger partial charge in [0.15, 0.2) is 0 Å². The number of ether oxygens (including phenoxy) is 1. The van der Waals surface area contributed by atoms with E-state index in [0.29, 0.717) is 50.5 Å². The molecule has 1 amide bonds. The lowest BCUT2D eigenvalue weighted by Gasteiger charge is -2.15. The fourth-order valence-electron chi connectivity index (χ4n) is 2.84. The van der Waals surface area contributed by atoms with Crippen molar-refractivity contribution in [3.63, 3.8) is 0 Å². The minimum atomic E-state index is -3.37. The fourth-order valence-corrected chi connectivity index (χ4v) is 4.36. The molecule has 154 valence electrons. The second-order valence-corrected chi connectivity index (χ2v) is 8.29. The highest BCUT2D eigenvalue weighted by Crippen LogP contribution is 2.21. The Morgan fingerprint density at radius 1 is 1.11 bits per heavy atom. The van der Waals surface area contributed by atoms with E-state index in [2.05, 4.69) is 10.6 Å². The third-order valence-electron chi connectivity index (χ3n) is 4.37. The molecule has 0 spiro atoms. The minimum Gasteiger partial charge on any atom is -0.383 e. The zero-order valence-electron chi connectivity index (χ0n) is 15.8. The van der Waals surface area contributed by atoms with Gasteiger partial charge in [-0.25, -0.2) is 8.42 Å². The Labute approximate surface area is 168 Å². The van der Waals surface area contributed by atoms with Gasteiger partial charge in [0, 0.05) is 46.3 Å². The average Bonchev–Trinajstić information content (AvgIpc) is 3.19. The highest BCUT2D eigenvalue weighted by molar-refractivity contribution is 7.89. The van der Waals surface area contributed by atoms with Crippen molar-refractivity contribution in [3.8, 4) is 0 Å². The van der Waals surface area contributed by atoms with E-state index < -0.39 is 10.0 Å². The summed E-state index contributed by atoms with van der Waals surface area (Å²) in [7, 11) is -1.72. The number of methoxy groups -OCH3 is 1. The highest BCUT2D eigenvalue weighted by Gasteiger charge is 2.26. The number of carbonyl (C=O) groups excluding carboxylic acids is 1. The Kier molecular flexibility index (Phi) is 10.9. The molecule has 0 radical (unpaired) electrons. The molecule has 2 rings (SSSR count). The predicted octanol–water partition coefficient (Wildman–Crippen LogP) is 1.18. The average molecular weight is 420 g/mol. The molecule has 27 heavy (non-hydrogen) atoms. The number of aryl methyl sites for hydroxylation is 1. The Morgan fingerprint density at radius 3 is 2.41 bits per heavy atom. The van der Waals surface area contributed by atoms with Gasteiger partial charge in [-0.1, -0.05) is 12.1 Å². The number of benzene rings is 1. The molecule has 1 aliphatic heterocycles. The van der Waals surface area contributed by atoms with E-state index in [9.17, 15) is 13.2 Å². The lowest BCUT2D eigenvalue weighted by molar-refractivity contribution is -0.121. The number of halogens is 1. The third kappa shape index (κ3) is 7.75. The molecule has 0 saturated carbocycles. The van der Waals surface area contributed by atoms with Gasteiger partial charge in [-0.15, -0.1) is 12.4 Å². The zero-order chi connectivity index (χ0) is 18.8. The van der Waals surface area contributed by atoms with E-state index in [4.69, 9.17) is 4.74 Å². The monoisotopic (exact) mass is 419 g/mol. The third-order valence-corrected chi connectivity index (χ3v) is 6.29. The molecule has 1 aromatic rings. The van der Waals surface area contributed by atoms with Crippen molar-refractivity contribution in [2.75, 3.05) is 46.4 Å². The Morgan fingerprint density at radius 2 is 1.78 bits per heavy atom. The molecule has 1 fully saturated rings. The van der Waals surface area contributed by atoms with Crippen LogP contribution in [0.4, 0.5) is 0 Å². The van der Waals surface area contributed by atoms with Crippen LogP contribution in [0, 0.1) is 0 Å². The minimum absolute atomic E-state index is 0. The predicted molar refractivity (Wildman–Crippen MR) is 108 cm³/mol. The largest absolute Gasteiger partial charge is 0.383 e. The summed E-state index contributed by atoms with van der Waals surface area (Å²) in [6, 6.07) is 6.87. The van der Waals surface area contributed by atoms with Gasteiger partial charge in [-0.05, 0) is 37.0 Å². The van der Waals surface area contributed by atoms with Crippen molar-refractivity contribution in [1.29, 1.82) is 0 Å². The van der Waals surface area contributed by atoms with Crippen LogP contribution in [0.1, 0.15) is 24.8 Å². The Bertz CT molecular complexity index is 662. The molecular weight excluding hydrogens is 390 g/mol. The number of sulfonamides is 1. The molecule has 0 aliphatic carbocycles. The molecule has 7 nitrogen and oxygen atoms in total. The Balaban J connectivity index is 0.00000364. The summed E-state index contributed by atoms with van der Waals surface area (Å²) >= 11 is 0. The molecule has 2 N–H and O–H groups in total. The number of amides is 1. The van der Waals surface area contributed by atoms with E-state index in [1.165, 1.54) is 4.31 Å². The van der Waals surface area contributed by atoms with Gasteiger partial charge in [0.05, 0.1) is 11.5 Å². The van der Waals surface area contributed by atoms with Gasteiger partial charge in [-0.3, -0.25) is 4.79 Å². The van der Waals surface area contributed by atoms with Gasteiger partial charge in [0.1, 0.15) is 0 Å². The van der Waals surface area contributed by atoms with Crippen LogP contribution in [0.25, 0.3) is 0 Å². The van der Waals surface area contributed by atoms with Crippen LogP contribution in [0.3, 0.4) is 0 Å². The second kappa shape index (κ2) is 12.3. The van der Waals surface area contributed by atoms with Gasteiger partial charge in [0.2, 0.25) is 15.9 Å². The number of carbonyl (C=O) groups is 1. The smallest absolute Gasteiger partial charge is 0.243 e. The van der Waals surface area contributed by atoms with E-state index in [1.54, 1.807) is 31.4 Å². The molecule has 1 heterocycles. The van der Waals surface area contributed by atoms with Crippen LogP contribution in [-0.4, -0.2) is 65.1 Å². The molecule has 0 atom stereocenters. The van der Waals surface area contributed by atoms with Crippen LogP contribution in [-0.2, 0) is 26.0 Å². The second-order valence-electron chi connectivity index (χ2n) is 6.35. The molecule has 0 unspecified atom stereocenters. The van der Waals surface area contributed by atoms with Gasteiger partial charge >= 0.3 is 0 Å². The zero-order valence-corrected chi connectivity index (χ0v) is 17.4. The van der Waals surface area contributed by atoms with Crippen LogP contribution in [0.5, 0.6) is 0 Å². The fraction of sp³-hybridized carbons (Fsp3) is 0.611. The molecule has 0 bridgehead atoms. The number of nitrogens with one attached hydrogen (secondary N) is 2. The van der Waals surface area contributed by atoms with E-state index >= 15 is 0 Å². The lowest BCUT2D eigenvalue weighted by Crippen LogP contribution is -2.33. The SMILES string of the molecule is COCCNCCNC(=O)CCc1ccc(S(=O)(=O)N2CCCC2)cc1.Cl. The first-order valence-electron chi connectivity index (χ1n) is 9.09. The van der Waals surface area contributed by atoms with Crippen molar-refractivity contribution in [1.82, 2.24) is 14.9 Å². The normalized spacial score (nSPS) is 14.7. The van der Waals surface area contributed by atoms with Crippen LogP contribution in [0.2, 0.25) is 0 Å². The van der Waals surface area contributed by atoms with E-state index in [-0.39, 0.29) is 18.3 Å². The van der Waals surface area contributed by atoms with Crippen LogP contribution >= 0.6 is 12.4 Å². The maximum Gasteiger partial charge on any atom is 0.243 e. The number of rotatable bonds is 11. The van der Waals surface area contributed by atoms with Crippen molar-refractivity contribution in [2.24, 2.45) is 0 Å². The quantitative estimate of drug-likeness (QED) is 0.526. The van der Waals surface area contributed by atoms with Gasteiger partial charge in [0.25, 0.3) is 0 Å². The molecule has 9 heteroatoms. The molecule has 1 aromatic carbocycles. The number of hydrogen-bond acceptors (Lipinski definition) is 5.